The van der Waals surface area contributed by atoms with Gasteiger partial charge in [0.05, 0.1) is 39.9 Å². The van der Waals surface area contributed by atoms with Crippen LogP contribution in [0.25, 0.3) is 0 Å². The molecule has 3 unspecified atom stereocenters. The van der Waals surface area contributed by atoms with Gasteiger partial charge in [-0.15, -0.1) is 0 Å². The Hall–Kier alpha value is -1.80. The minimum atomic E-state index is -4.36. The van der Waals surface area contributed by atoms with Gasteiger partial charge in [0.15, 0.2) is 0 Å². The van der Waals surface area contributed by atoms with Gasteiger partial charge in [-0.1, -0.05) is 229 Å². The Bertz CT molecular complexity index is 1270. The SMILES string of the molecule is CCCCCC/C=C\C/C=C\CCCCCCCC(=O)NC(COP(=O)(O)OCC[N+](C)(C)C)C(O)/C=C/CC/C=C/CC/C=C/CCCCCCCCCCCCCCCCCCCCC. The first-order valence-corrected chi connectivity index (χ1v) is 29.7. The fourth-order valence-electron chi connectivity index (χ4n) is 7.99. The first kappa shape index (κ1) is 65.2. The molecule has 0 saturated heterocycles. The van der Waals surface area contributed by atoms with Crippen LogP contribution in [-0.2, 0) is 18.4 Å². The number of aliphatic hydroxyl groups excluding tert-OH is 1. The molecule has 0 heterocycles. The molecule has 0 rings (SSSR count). The molecule has 8 nitrogen and oxygen atoms in total. The maximum atomic E-state index is 12.9. The lowest BCUT2D eigenvalue weighted by Crippen LogP contribution is -2.45. The van der Waals surface area contributed by atoms with Crippen molar-refractivity contribution in [3.8, 4) is 0 Å². The fourth-order valence-corrected chi connectivity index (χ4v) is 8.72. The van der Waals surface area contributed by atoms with Crippen LogP contribution in [0.2, 0.25) is 0 Å². The molecule has 0 aliphatic carbocycles. The molecule has 9 heteroatoms. The van der Waals surface area contributed by atoms with Gasteiger partial charge in [0, 0.05) is 6.42 Å². The van der Waals surface area contributed by atoms with Gasteiger partial charge in [0.25, 0.3) is 0 Å². The maximum Gasteiger partial charge on any atom is 0.472 e. The van der Waals surface area contributed by atoms with Crippen molar-refractivity contribution in [2.45, 2.75) is 264 Å². The highest BCUT2D eigenvalue weighted by atomic mass is 31.2. The van der Waals surface area contributed by atoms with Crippen molar-refractivity contribution < 1.29 is 32.9 Å². The van der Waals surface area contributed by atoms with Crippen molar-refractivity contribution in [2.75, 3.05) is 40.9 Å². The molecule has 1 amide bonds. The molecule has 67 heavy (non-hydrogen) atoms. The number of rotatable bonds is 51. The summed E-state index contributed by atoms with van der Waals surface area (Å²) in [6.45, 7) is 4.77. The second-order valence-corrected chi connectivity index (χ2v) is 21.7. The van der Waals surface area contributed by atoms with Gasteiger partial charge in [-0.2, -0.15) is 0 Å². The molecule has 392 valence electrons. The number of nitrogens with one attached hydrogen (secondary N) is 1. The van der Waals surface area contributed by atoms with Gasteiger partial charge in [-0.3, -0.25) is 13.8 Å². The average Bonchev–Trinajstić information content (AvgIpc) is 3.29. The molecule has 0 spiro atoms. The zero-order chi connectivity index (χ0) is 49.2. The van der Waals surface area contributed by atoms with E-state index in [0.29, 0.717) is 17.4 Å². The van der Waals surface area contributed by atoms with E-state index in [-0.39, 0.29) is 19.1 Å². The first-order valence-electron chi connectivity index (χ1n) is 28.2. The summed E-state index contributed by atoms with van der Waals surface area (Å²) >= 11 is 0. The van der Waals surface area contributed by atoms with Crippen molar-refractivity contribution in [3.05, 3.63) is 60.8 Å². The minimum absolute atomic E-state index is 0.0487. The van der Waals surface area contributed by atoms with Gasteiger partial charge in [0.1, 0.15) is 13.2 Å². The molecule has 3 atom stereocenters. The molecule has 0 aromatic rings. The number of amides is 1. The lowest BCUT2D eigenvalue weighted by Gasteiger charge is -2.25. The summed E-state index contributed by atoms with van der Waals surface area (Å²) in [6.07, 6.45) is 66.2. The van der Waals surface area contributed by atoms with Gasteiger partial charge in [-0.05, 0) is 77.0 Å². The van der Waals surface area contributed by atoms with Crippen LogP contribution in [0.5, 0.6) is 0 Å². The summed E-state index contributed by atoms with van der Waals surface area (Å²) in [5.41, 5.74) is 0. The normalized spacial score (nSPS) is 14.4. The third-order valence-corrected chi connectivity index (χ3v) is 13.4. The summed E-state index contributed by atoms with van der Waals surface area (Å²) in [4.78, 5) is 23.2. The number of hydrogen-bond donors (Lipinski definition) is 3. The van der Waals surface area contributed by atoms with Crippen LogP contribution in [0.3, 0.4) is 0 Å². The highest BCUT2D eigenvalue weighted by Crippen LogP contribution is 2.43. The van der Waals surface area contributed by atoms with Crippen LogP contribution < -0.4 is 5.32 Å². The monoisotopic (exact) mass is 962 g/mol. The number of nitrogens with zero attached hydrogens (tertiary/aromatic N) is 1. The minimum Gasteiger partial charge on any atom is -0.387 e. The highest BCUT2D eigenvalue weighted by Gasteiger charge is 2.27. The van der Waals surface area contributed by atoms with E-state index in [1.54, 1.807) is 6.08 Å². The molecule has 0 saturated carbocycles. The zero-order valence-electron chi connectivity index (χ0n) is 44.6. The second-order valence-electron chi connectivity index (χ2n) is 20.3. The number of carbonyl (C=O) groups is 1. The Morgan fingerprint density at radius 1 is 0.507 bits per heavy atom. The highest BCUT2D eigenvalue weighted by molar-refractivity contribution is 7.47. The third kappa shape index (κ3) is 51.9. The predicted molar refractivity (Wildman–Crippen MR) is 290 cm³/mol. The van der Waals surface area contributed by atoms with Crippen LogP contribution in [0.1, 0.15) is 251 Å². The number of likely N-dealkylation sites (N-methyl/N-ethyl adjacent to an activating group) is 1. The third-order valence-electron chi connectivity index (χ3n) is 12.4. The van der Waals surface area contributed by atoms with Gasteiger partial charge >= 0.3 is 7.82 Å². The van der Waals surface area contributed by atoms with Crippen molar-refractivity contribution in [2.24, 2.45) is 0 Å². The van der Waals surface area contributed by atoms with Crippen molar-refractivity contribution in [1.82, 2.24) is 5.32 Å². The average molecular weight is 962 g/mol. The fraction of sp³-hybridized carbons (Fsp3) is 0.810. The van der Waals surface area contributed by atoms with Gasteiger partial charge < -0.3 is 19.8 Å². The standard InChI is InChI=1S/C58H109N2O6P/c1-6-8-10-12-14-16-18-20-22-24-25-26-27-28-29-30-31-32-33-34-35-36-37-39-41-43-45-47-49-51-57(61)56(55-66-67(63,64)65-54-53-60(3,4)5)59-58(62)52-50-48-46-44-42-40-38-23-21-19-17-15-13-11-9-7-2/h17,19,23,35-36,38,41,43,49,51,56-57,61H,6-16,18,20-22,24-34,37,39-40,42,44-48,50,52-55H2,1-5H3,(H-,59,62,63,64)/p+1/b19-17-,36-35+,38-23-,43-41+,51-49+. The molecule has 0 aromatic carbocycles. The molecule has 0 aromatic heterocycles. The number of hydrogen-bond acceptors (Lipinski definition) is 5. The van der Waals surface area contributed by atoms with Crippen LogP contribution in [0.4, 0.5) is 0 Å². The first-order chi connectivity index (χ1) is 32.5. The zero-order valence-corrected chi connectivity index (χ0v) is 45.5. The van der Waals surface area contributed by atoms with Gasteiger partial charge in [0.2, 0.25) is 5.91 Å². The Morgan fingerprint density at radius 2 is 0.866 bits per heavy atom. The van der Waals surface area contributed by atoms with E-state index in [4.69, 9.17) is 9.05 Å². The smallest absolute Gasteiger partial charge is 0.387 e. The molecule has 0 fully saturated rings. The van der Waals surface area contributed by atoms with Crippen molar-refractivity contribution >= 4 is 13.7 Å². The molecular formula is C58H110N2O6P+. The summed E-state index contributed by atoms with van der Waals surface area (Å²) < 4.78 is 23.6. The van der Waals surface area contributed by atoms with Crippen LogP contribution >= 0.6 is 7.82 Å². The molecular weight excluding hydrogens is 852 g/mol. The van der Waals surface area contributed by atoms with Gasteiger partial charge in [-0.25, -0.2) is 4.57 Å². The number of phosphoric acid groups is 1. The van der Waals surface area contributed by atoms with Crippen LogP contribution in [0.15, 0.2) is 60.8 Å². The maximum absolute atomic E-state index is 12.9. The topological polar surface area (TPSA) is 105 Å². The number of carbonyl (C=O) groups excluding carboxylic acids is 1. The number of aliphatic hydroxyl groups is 1. The quantitative estimate of drug-likeness (QED) is 0.0243. The molecule has 0 bridgehead atoms. The van der Waals surface area contributed by atoms with E-state index in [0.717, 1.165) is 70.6 Å². The Kier molecular flexibility index (Phi) is 47.9. The van der Waals surface area contributed by atoms with Crippen LogP contribution in [-0.4, -0.2) is 73.4 Å². The Morgan fingerprint density at radius 3 is 1.30 bits per heavy atom. The van der Waals surface area contributed by atoms with E-state index in [1.807, 2.05) is 27.2 Å². The largest absolute Gasteiger partial charge is 0.472 e. The number of unbranched alkanes of at least 4 members (excludes halogenated alkanes) is 30. The number of allylic oxidation sites excluding steroid dienone is 9. The van der Waals surface area contributed by atoms with Crippen molar-refractivity contribution in [1.29, 1.82) is 0 Å². The Balaban J connectivity index is 4.27. The second kappa shape index (κ2) is 49.2. The lowest BCUT2D eigenvalue weighted by molar-refractivity contribution is -0.870. The summed E-state index contributed by atoms with van der Waals surface area (Å²) in [7, 11) is 1.53. The molecule has 3 N–H and O–H groups in total. The molecule has 0 aliphatic heterocycles. The molecule has 0 aliphatic rings. The predicted octanol–water partition coefficient (Wildman–Crippen LogP) is 16.9. The van der Waals surface area contributed by atoms with E-state index in [9.17, 15) is 19.4 Å². The van der Waals surface area contributed by atoms with E-state index < -0.39 is 20.0 Å². The summed E-state index contributed by atoms with van der Waals surface area (Å²) in [6, 6.07) is -0.880. The Labute approximate surface area is 415 Å². The number of quaternary nitrogens is 1. The summed E-state index contributed by atoms with van der Waals surface area (Å²) in [5.74, 6) is -0.205. The lowest BCUT2D eigenvalue weighted by atomic mass is 10.0. The molecule has 0 radical (unpaired) electrons. The number of phosphoric ester groups is 1. The van der Waals surface area contributed by atoms with E-state index in [1.165, 1.54) is 161 Å². The van der Waals surface area contributed by atoms with Crippen molar-refractivity contribution in [3.63, 3.8) is 0 Å². The van der Waals surface area contributed by atoms with Crippen LogP contribution in [0, 0.1) is 0 Å². The van der Waals surface area contributed by atoms with E-state index in [2.05, 4.69) is 67.8 Å². The van der Waals surface area contributed by atoms with E-state index >= 15 is 0 Å². The summed E-state index contributed by atoms with van der Waals surface area (Å²) in [5, 5.41) is 13.9.